The van der Waals surface area contributed by atoms with E-state index in [1.165, 1.54) is 23.7 Å². The van der Waals surface area contributed by atoms with Gasteiger partial charge in [-0.25, -0.2) is 4.79 Å². The van der Waals surface area contributed by atoms with Crippen molar-refractivity contribution < 1.29 is 18.7 Å². The zero-order valence-electron chi connectivity index (χ0n) is 12.0. The third-order valence-corrected chi connectivity index (χ3v) is 3.87. The van der Waals surface area contributed by atoms with Gasteiger partial charge in [-0.2, -0.15) is 0 Å². The fourth-order valence-corrected chi connectivity index (χ4v) is 2.54. The summed E-state index contributed by atoms with van der Waals surface area (Å²) in [5.74, 6) is 0.0673. The molecule has 3 aromatic rings. The second kappa shape index (κ2) is 6.89. The maximum atomic E-state index is 12.3. The lowest BCUT2D eigenvalue weighted by Gasteiger charge is -2.06. The minimum absolute atomic E-state index is 0.236. The summed E-state index contributed by atoms with van der Waals surface area (Å²) in [6.07, 6.45) is 4.48. The first-order chi connectivity index (χ1) is 11.2. The summed E-state index contributed by atoms with van der Waals surface area (Å²) >= 11 is 1.29. The molecule has 0 aliphatic rings. The van der Waals surface area contributed by atoms with Crippen molar-refractivity contribution in [3.05, 3.63) is 82.5 Å². The lowest BCUT2D eigenvalue weighted by molar-refractivity contribution is 0.0738. The smallest absolute Gasteiger partial charge is 0.353 e. The Morgan fingerprint density at radius 1 is 1.04 bits per heavy atom. The van der Waals surface area contributed by atoms with E-state index in [-0.39, 0.29) is 11.5 Å². The van der Waals surface area contributed by atoms with Gasteiger partial charge in [-0.15, -0.1) is 11.3 Å². The molecule has 0 saturated carbocycles. The Bertz CT molecular complexity index is 830. The van der Waals surface area contributed by atoms with Crippen molar-refractivity contribution in [2.75, 3.05) is 0 Å². The number of para-hydroxylation sites is 1. The number of ketones is 1. The minimum atomic E-state index is -0.477. The van der Waals surface area contributed by atoms with Crippen LogP contribution < -0.4 is 4.74 Å². The van der Waals surface area contributed by atoms with Crippen LogP contribution in [0.25, 0.3) is 6.08 Å². The summed E-state index contributed by atoms with van der Waals surface area (Å²) in [4.78, 5) is 24.8. The molecule has 0 unspecified atom stereocenters. The quantitative estimate of drug-likeness (QED) is 0.301. The van der Waals surface area contributed by atoms with Crippen LogP contribution in [0, 0.1) is 0 Å². The van der Waals surface area contributed by atoms with E-state index in [4.69, 9.17) is 9.15 Å². The molecule has 2 heterocycles. The van der Waals surface area contributed by atoms with Crippen molar-refractivity contribution >= 4 is 29.2 Å². The molecule has 0 N–H and O–H groups in total. The number of furan rings is 1. The van der Waals surface area contributed by atoms with Crippen molar-refractivity contribution in [2.24, 2.45) is 0 Å². The van der Waals surface area contributed by atoms with Gasteiger partial charge in [0, 0.05) is 0 Å². The van der Waals surface area contributed by atoms with Gasteiger partial charge in [-0.3, -0.25) is 4.79 Å². The van der Waals surface area contributed by atoms with E-state index in [9.17, 15) is 9.59 Å². The fraction of sp³-hybridized carbons (Fsp3) is 0. The molecule has 1 aromatic carbocycles. The van der Waals surface area contributed by atoms with E-state index < -0.39 is 5.97 Å². The summed E-state index contributed by atoms with van der Waals surface area (Å²) in [6, 6.07) is 13.6. The van der Waals surface area contributed by atoms with Gasteiger partial charge in [0.25, 0.3) is 0 Å². The predicted molar refractivity (Wildman–Crippen MR) is 87.8 cm³/mol. The first-order valence-corrected chi connectivity index (χ1v) is 7.72. The van der Waals surface area contributed by atoms with E-state index in [1.54, 1.807) is 60.0 Å². The summed E-state index contributed by atoms with van der Waals surface area (Å²) in [5.41, 5.74) is 0.320. The van der Waals surface area contributed by atoms with E-state index in [1.807, 2.05) is 0 Å². The van der Waals surface area contributed by atoms with Crippen LogP contribution in [-0.2, 0) is 0 Å². The summed E-state index contributed by atoms with van der Waals surface area (Å²) < 4.78 is 10.5. The van der Waals surface area contributed by atoms with Gasteiger partial charge in [-0.05, 0) is 47.9 Å². The van der Waals surface area contributed by atoms with Crippen LogP contribution in [-0.4, -0.2) is 11.8 Å². The first kappa shape index (κ1) is 15.0. The van der Waals surface area contributed by atoms with Gasteiger partial charge >= 0.3 is 5.97 Å². The van der Waals surface area contributed by atoms with Crippen LogP contribution in [0.5, 0.6) is 5.75 Å². The Morgan fingerprint density at radius 2 is 1.91 bits per heavy atom. The zero-order valence-corrected chi connectivity index (χ0v) is 12.8. The maximum absolute atomic E-state index is 12.3. The Morgan fingerprint density at radius 3 is 2.65 bits per heavy atom. The van der Waals surface area contributed by atoms with Crippen LogP contribution in [0.1, 0.15) is 25.8 Å². The molecule has 0 fully saturated rings. The molecule has 114 valence electrons. The highest BCUT2D eigenvalue weighted by Gasteiger charge is 2.15. The summed E-state index contributed by atoms with van der Waals surface area (Å²) in [5, 5.41) is 1.79. The second-order valence-corrected chi connectivity index (χ2v) is 5.52. The third kappa shape index (κ3) is 3.64. The SMILES string of the molecule is O=C(Oc1ccccc1C(=O)/C=C/c1ccco1)c1cccs1. The van der Waals surface area contributed by atoms with E-state index in [2.05, 4.69) is 0 Å². The van der Waals surface area contributed by atoms with Gasteiger partial charge in [0.15, 0.2) is 5.78 Å². The largest absolute Gasteiger partial charge is 0.465 e. The second-order valence-electron chi connectivity index (χ2n) is 4.58. The summed E-state index contributed by atoms with van der Waals surface area (Å²) in [6.45, 7) is 0. The topological polar surface area (TPSA) is 56.5 Å². The number of ether oxygens (including phenoxy) is 1. The van der Waals surface area contributed by atoms with Crippen molar-refractivity contribution in [1.29, 1.82) is 0 Å². The number of carbonyl (C=O) groups excluding carboxylic acids is 2. The Hall–Kier alpha value is -2.92. The third-order valence-electron chi connectivity index (χ3n) is 3.02. The van der Waals surface area contributed by atoms with Crippen LogP contribution in [0.15, 0.2) is 70.7 Å². The molecule has 0 aliphatic heterocycles. The number of allylic oxidation sites excluding steroid dienone is 1. The Kier molecular flexibility index (Phi) is 4.49. The van der Waals surface area contributed by atoms with E-state index >= 15 is 0 Å². The number of thiophene rings is 1. The Balaban J connectivity index is 1.80. The standard InChI is InChI=1S/C18H12O4S/c19-15(10-9-13-5-3-11-21-13)14-6-1-2-7-16(14)22-18(20)17-8-4-12-23-17/h1-12H/b10-9+. The molecule has 0 atom stereocenters. The number of carbonyl (C=O) groups is 2. The molecule has 2 aromatic heterocycles. The van der Waals surface area contributed by atoms with Crippen LogP contribution in [0.2, 0.25) is 0 Å². The molecule has 0 amide bonds. The van der Waals surface area contributed by atoms with E-state index in [0.29, 0.717) is 16.2 Å². The fourth-order valence-electron chi connectivity index (χ4n) is 1.94. The molecule has 23 heavy (non-hydrogen) atoms. The zero-order chi connectivity index (χ0) is 16.1. The molecule has 0 bridgehead atoms. The lowest BCUT2D eigenvalue weighted by atomic mass is 10.1. The van der Waals surface area contributed by atoms with Gasteiger partial charge in [-0.1, -0.05) is 18.2 Å². The number of rotatable bonds is 5. The van der Waals surface area contributed by atoms with Crippen molar-refractivity contribution in [1.82, 2.24) is 0 Å². The minimum Gasteiger partial charge on any atom is -0.465 e. The highest BCUT2D eigenvalue weighted by Crippen LogP contribution is 2.22. The molecular weight excluding hydrogens is 312 g/mol. The van der Waals surface area contributed by atoms with Gasteiger partial charge in [0.1, 0.15) is 16.4 Å². The molecule has 3 rings (SSSR count). The average molecular weight is 324 g/mol. The molecular formula is C18H12O4S. The van der Waals surface area contributed by atoms with Crippen LogP contribution in [0.4, 0.5) is 0 Å². The molecule has 4 nitrogen and oxygen atoms in total. The molecule has 0 aliphatic carbocycles. The van der Waals surface area contributed by atoms with E-state index in [0.717, 1.165) is 0 Å². The molecule has 5 heteroatoms. The molecule has 0 saturated heterocycles. The van der Waals surface area contributed by atoms with Gasteiger partial charge < -0.3 is 9.15 Å². The van der Waals surface area contributed by atoms with Crippen molar-refractivity contribution in [3.63, 3.8) is 0 Å². The molecule has 0 spiro atoms. The monoisotopic (exact) mass is 324 g/mol. The number of hydrogen-bond acceptors (Lipinski definition) is 5. The first-order valence-electron chi connectivity index (χ1n) is 6.84. The lowest BCUT2D eigenvalue weighted by Crippen LogP contribution is -2.09. The Labute approximate surface area is 136 Å². The van der Waals surface area contributed by atoms with Crippen molar-refractivity contribution in [3.8, 4) is 5.75 Å². The molecule has 0 radical (unpaired) electrons. The van der Waals surface area contributed by atoms with Crippen LogP contribution in [0.3, 0.4) is 0 Å². The maximum Gasteiger partial charge on any atom is 0.353 e. The highest BCUT2D eigenvalue weighted by atomic mass is 32.1. The highest BCUT2D eigenvalue weighted by molar-refractivity contribution is 7.12. The average Bonchev–Trinajstić information content (AvgIpc) is 3.26. The normalized spacial score (nSPS) is 10.8. The summed E-state index contributed by atoms with van der Waals surface area (Å²) in [7, 11) is 0. The van der Waals surface area contributed by atoms with Crippen molar-refractivity contribution in [2.45, 2.75) is 0 Å². The number of benzene rings is 1. The van der Waals surface area contributed by atoms with Gasteiger partial charge in [0.05, 0.1) is 11.8 Å². The van der Waals surface area contributed by atoms with Gasteiger partial charge in [0.2, 0.25) is 0 Å². The number of hydrogen-bond donors (Lipinski definition) is 0. The number of esters is 1. The predicted octanol–water partition coefficient (Wildman–Crippen LogP) is 4.46. The van der Waals surface area contributed by atoms with Crippen LogP contribution >= 0.6 is 11.3 Å².